The van der Waals surface area contributed by atoms with Gasteiger partial charge in [0.2, 0.25) is 0 Å². The largest absolute Gasteiger partial charge is 0.497 e. The number of hydrogen-bond acceptors (Lipinski definition) is 3. The molecule has 0 N–H and O–H groups in total. The average molecular weight is 337 g/mol. The van der Waals surface area contributed by atoms with Gasteiger partial charge in [0.25, 0.3) is 5.91 Å². The maximum atomic E-state index is 13.3. The molecule has 2 aromatic rings. The molecule has 0 spiro atoms. The summed E-state index contributed by atoms with van der Waals surface area (Å²) in [5.74, 6) is 1.47. The van der Waals surface area contributed by atoms with Crippen LogP contribution in [-0.2, 0) is 0 Å². The summed E-state index contributed by atoms with van der Waals surface area (Å²) in [4.78, 5) is 15.1. The number of methoxy groups -OCH3 is 2. The van der Waals surface area contributed by atoms with Gasteiger partial charge in [0.15, 0.2) is 0 Å². The molecule has 4 heteroatoms. The molecule has 3 rings (SSSR count). The highest BCUT2D eigenvalue weighted by molar-refractivity contribution is 6.10. The predicted octanol–water partition coefficient (Wildman–Crippen LogP) is 4.55. The van der Waals surface area contributed by atoms with Crippen molar-refractivity contribution in [1.29, 1.82) is 0 Å². The van der Waals surface area contributed by atoms with Crippen LogP contribution in [0.1, 0.15) is 36.7 Å². The predicted molar refractivity (Wildman–Crippen MR) is 101 cm³/mol. The van der Waals surface area contributed by atoms with Gasteiger partial charge in [0, 0.05) is 11.1 Å². The van der Waals surface area contributed by atoms with Crippen molar-refractivity contribution in [2.45, 2.75) is 26.3 Å². The smallest absolute Gasteiger partial charge is 0.259 e. The molecular weight excluding hydrogens is 314 g/mol. The maximum Gasteiger partial charge on any atom is 0.259 e. The van der Waals surface area contributed by atoms with Crippen molar-refractivity contribution < 1.29 is 14.3 Å². The van der Waals surface area contributed by atoms with E-state index in [1.54, 1.807) is 38.5 Å². The fraction of sp³-hybridized carbons (Fsp3) is 0.286. The maximum absolute atomic E-state index is 13.3. The van der Waals surface area contributed by atoms with Gasteiger partial charge < -0.3 is 9.47 Å². The molecule has 0 aliphatic carbocycles. The van der Waals surface area contributed by atoms with Gasteiger partial charge in [-0.05, 0) is 68.8 Å². The second kappa shape index (κ2) is 6.28. The van der Waals surface area contributed by atoms with E-state index >= 15 is 0 Å². The number of benzene rings is 2. The molecule has 1 aliphatic rings. The highest BCUT2D eigenvalue weighted by Crippen LogP contribution is 2.41. The zero-order valence-corrected chi connectivity index (χ0v) is 15.3. The first-order valence-electron chi connectivity index (χ1n) is 8.24. The minimum absolute atomic E-state index is 0.0391. The van der Waals surface area contributed by atoms with Crippen molar-refractivity contribution >= 4 is 17.2 Å². The molecule has 0 saturated carbocycles. The van der Waals surface area contributed by atoms with Gasteiger partial charge in [-0.25, -0.2) is 0 Å². The van der Waals surface area contributed by atoms with Gasteiger partial charge in [-0.1, -0.05) is 6.08 Å². The highest BCUT2D eigenvalue weighted by Gasteiger charge is 2.36. The third-order valence-corrected chi connectivity index (χ3v) is 4.56. The standard InChI is InChI=1S/C21H23NO3/c1-14-13-21(2,3)22(19-11-10-17(25-5)12-18(14)19)20(23)15-6-8-16(24-4)9-7-15/h6-13H,1-5H3. The highest BCUT2D eigenvalue weighted by atomic mass is 16.5. The molecule has 0 saturated heterocycles. The van der Waals surface area contributed by atoms with Crippen LogP contribution in [0.5, 0.6) is 11.5 Å². The summed E-state index contributed by atoms with van der Waals surface area (Å²) < 4.78 is 10.5. The Morgan fingerprint density at radius 2 is 1.56 bits per heavy atom. The summed E-state index contributed by atoms with van der Waals surface area (Å²) in [5, 5.41) is 0. The van der Waals surface area contributed by atoms with E-state index in [1.807, 2.05) is 36.9 Å². The molecule has 0 atom stereocenters. The lowest BCUT2D eigenvalue weighted by molar-refractivity contribution is 0.0970. The quantitative estimate of drug-likeness (QED) is 0.825. The minimum Gasteiger partial charge on any atom is -0.497 e. The summed E-state index contributed by atoms with van der Waals surface area (Å²) in [7, 11) is 3.26. The van der Waals surface area contributed by atoms with Crippen molar-refractivity contribution in [1.82, 2.24) is 0 Å². The molecule has 0 aromatic heterocycles. The van der Waals surface area contributed by atoms with E-state index in [-0.39, 0.29) is 5.91 Å². The number of ether oxygens (including phenoxy) is 2. The van der Waals surface area contributed by atoms with E-state index in [0.29, 0.717) is 5.56 Å². The number of carbonyl (C=O) groups is 1. The number of hydrogen-bond donors (Lipinski definition) is 0. The Morgan fingerprint density at radius 1 is 0.960 bits per heavy atom. The van der Waals surface area contributed by atoms with E-state index in [4.69, 9.17) is 9.47 Å². The second-order valence-corrected chi connectivity index (χ2v) is 6.73. The zero-order chi connectivity index (χ0) is 18.2. The van der Waals surface area contributed by atoms with Gasteiger partial charge in [-0.2, -0.15) is 0 Å². The van der Waals surface area contributed by atoms with Crippen molar-refractivity contribution in [3.63, 3.8) is 0 Å². The van der Waals surface area contributed by atoms with Crippen LogP contribution in [0.4, 0.5) is 5.69 Å². The summed E-state index contributed by atoms with van der Waals surface area (Å²) >= 11 is 0. The Labute approximate surface area is 148 Å². The molecule has 1 amide bonds. The first-order valence-corrected chi connectivity index (χ1v) is 8.24. The van der Waals surface area contributed by atoms with Crippen molar-refractivity contribution in [2.75, 3.05) is 19.1 Å². The van der Waals surface area contributed by atoms with Gasteiger partial charge in [0.1, 0.15) is 11.5 Å². The van der Waals surface area contributed by atoms with Crippen LogP contribution in [-0.4, -0.2) is 25.7 Å². The Balaban J connectivity index is 2.09. The van der Waals surface area contributed by atoms with Crippen LogP contribution in [0.2, 0.25) is 0 Å². The van der Waals surface area contributed by atoms with Gasteiger partial charge in [-0.3, -0.25) is 9.69 Å². The number of nitrogens with zero attached hydrogens (tertiary/aromatic N) is 1. The average Bonchev–Trinajstić information content (AvgIpc) is 2.60. The van der Waals surface area contributed by atoms with E-state index in [1.165, 1.54) is 0 Å². The lowest BCUT2D eigenvalue weighted by Crippen LogP contribution is -2.49. The van der Waals surface area contributed by atoms with Crippen LogP contribution in [0.3, 0.4) is 0 Å². The molecule has 25 heavy (non-hydrogen) atoms. The molecule has 2 aromatic carbocycles. The normalized spacial score (nSPS) is 15.2. The van der Waals surface area contributed by atoms with Gasteiger partial charge in [0.05, 0.1) is 25.4 Å². The number of fused-ring (bicyclic) bond motifs is 1. The van der Waals surface area contributed by atoms with Crippen LogP contribution in [0.15, 0.2) is 48.5 Å². The first kappa shape index (κ1) is 17.1. The Hall–Kier alpha value is -2.75. The molecule has 1 heterocycles. The topological polar surface area (TPSA) is 38.8 Å². The fourth-order valence-corrected chi connectivity index (χ4v) is 3.37. The number of anilines is 1. The number of allylic oxidation sites excluding steroid dienone is 1. The molecule has 130 valence electrons. The van der Waals surface area contributed by atoms with Crippen LogP contribution >= 0.6 is 0 Å². The van der Waals surface area contributed by atoms with Crippen molar-refractivity contribution in [3.8, 4) is 11.5 Å². The molecule has 4 nitrogen and oxygen atoms in total. The summed E-state index contributed by atoms with van der Waals surface area (Å²) in [6.45, 7) is 6.16. The molecule has 1 aliphatic heterocycles. The van der Waals surface area contributed by atoms with E-state index < -0.39 is 5.54 Å². The van der Waals surface area contributed by atoms with E-state index in [9.17, 15) is 4.79 Å². The minimum atomic E-state index is -0.428. The molecule has 0 fully saturated rings. The second-order valence-electron chi connectivity index (χ2n) is 6.73. The Morgan fingerprint density at radius 3 is 2.16 bits per heavy atom. The van der Waals surface area contributed by atoms with E-state index in [2.05, 4.69) is 13.0 Å². The van der Waals surface area contributed by atoms with Crippen LogP contribution < -0.4 is 14.4 Å². The third kappa shape index (κ3) is 3.00. The number of carbonyl (C=O) groups excluding carboxylic acids is 1. The molecule has 0 radical (unpaired) electrons. The van der Waals surface area contributed by atoms with Crippen LogP contribution in [0.25, 0.3) is 5.57 Å². The zero-order valence-electron chi connectivity index (χ0n) is 15.3. The number of amides is 1. The van der Waals surface area contributed by atoms with E-state index in [0.717, 1.165) is 28.3 Å². The van der Waals surface area contributed by atoms with Gasteiger partial charge >= 0.3 is 0 Å². The number of rotatable bonds is 3. The van der Waals surface area contributed by atoms with Gasteiger partial charge in [-0.15, -0.1) is 0 Å². The SMILES string of the molecule is COc1ccc(C(=O)N2c3ccc(OC)cc3C(C)=CC2(C)C)cc1. The summed E-state index contributed by atoms with van der Waals surface area (Å²) in [6.07, 6.45) is 2.12. The lowest BCUT2D eigenvalue weighted by Gasteiger charge is -2.41. The Bertz CT molecular complexity index is 835. The third-order valence-electron chi connectivity index (χ3n) is 4.56. The first-order chi connectivity index (χ1) is 11.9. The van der Waals surface area contributed by atoms with Crippen molar-refractivity contribution in [2.24, 2.45) is 0 Å². The molecule has 0 unspecified atom stereocenters. The summed E-state index contributed by atoms with van der Waals surface area (Å²) in [6, 6.07) is 13.0. The molecular formula is C21H23NO3. The van der Waals surface area contributed by atoms with Crippen LogP contribution in [0, 0.1) is 0 Å². The molecule has 0 bridgehead atoms. The lowest BCUT2D eigenvalue weighted by atomic mass is 9.88. The Kier molecular flexibility index (Phi) is 4.29. The van der Waals surface area contributed by atoms with Crippen molar-refractivity contribution in [3.05, 3.63) is 59.7 Å². The fourth-order valence-electron chi connectivity index (χ4n) is 3.37. The monoisotopic (exact) mass is 337 g/mol. The summed E-state index contributed by atoms with van der Waals surface area (Å²) in [5.41, 5.74) is 3.25.